The predicted molar refractivity (Wildman–Crippen MR) is 111 cm³/mol. The molecular formula is C23H27N3O3. The van der Waals surface area contributed by atoms with Crippen LogP contribution < -0.4 is 5.56 Å². The molecule has 0 saturated carbocycles. The molecule has 2 aliphatic heterocycles. The van der Waals surface area contributed by atoms with Gasteiger partial charge in [0.25, 0.3) is 5.56 Å². The maximum Gasteiger partial charge on any atom is 0.251 e. The molecule has 2 bridgehead atoms. The highest BCUT2D eigenvalue weighted by atomic mass is 16.2. The molecule has 0 aliphatic carbocycles. The van der Waals surface area contributed by atoms with Crippen LogP contribution in [0.15, 0.2) is 53.3 Å². The number of likely N-dealkylation sites (N-methyl/N-ethyl adjacent to an activating group) is 1. The molecule has 0 spiro atoms. The number of hydrogen-bond acceptors (Lipinski definition) is 3. The molecule has 1 aromatic heterocycles. The normalized spacial score (nSPS) is 22.7. The highest BCUT2D eigenvalue weighted by Crippen LogP contribution is 2.41. The molecule has 2 aromatic rings. The molecule has 152 valence electrons. The van der Waals surface area contributed by atoms with Gasteiger partial charge in [-0.2, -0.15) is 0 Å². The second-order valence-electron chi connectivity index (χ2n) is 8.22. The van der Waals surface area contributed by atoms with Crippen molar-refractivity contribution in [3.63, 3.8) is 0 Å². The lowest BCUT2D eigenvalue weighted by Gasteiger charge is -2.46. The average molecular weight is 393 g/mol. The first-order valence-electron chi connectivity index (χ1n) is 10.2. The van der Waals surface area contributed by atoms with Crippen molar-refractivity contribution < 1.29 is 9.59 Å². The lowest BCUT2D eigenvalue weighted by molar-refractivity contribution is -0.140. The lowest BCUT2D eigenvalue weighted by Crippen LogP contribution is -2.54. The number of carbonyl (C=O) groups excluding carboxylic acids is 2. The zero-order valence-corrected chi connectivity index (χ0v) is 17.0. The van der Waals surface area contributed by atoms with E-state index in [0.717, 1.165) is 18.5 Å². The summed E-state index contributed by atoms with van der Waals surface area (Å²) in [6, 6.07) is 14.7. The minimum Gasteiger partial charge on any atom is -0.344 e. The molecule has 4 rings (SSSR count). The molecule has 29 heavy (non-hydrogen) atoms. The molecule has 1 fully saturated rings. The maximum absolute atomic E-state index is 13.5. The van der Waals surface area contributed by atoms with Crippen LogP contribution >= 0.6 is 0 Å². The fraction of sp³-hybridized carbons (Fsp3) is 0.435. The Morgan fingerprint density at radius 1 is 1.07 bits per heavy atom. The SMILES string of the molecule is CC(=O)N1C[C@H]2C[C@@H](C1)[C@H](C(=O)N(C)CCc1ccccc1)n1c2cccc1=O. The standard InChI is InChI=1S/C23H27N3O3/c1-16(27)25-14-18-13-19(15-25)22(26-20(18)9-6-10-21(26)28)23(29)24(2)12-11-17-7-4-3-5-8-17/h3-10,18-19,22H,11-15H2,1-2H3/t18-,19+,22-/m1/s1. The second kappa shape index (κ2) is 7.85. The summed E-state index contributed by atoms with van der Waals surface area (Å²) in [5, 5.41) is 0. The Bertz CT molecular complexity index is 969. The van der Waals surface area contributed by atoms with Gasteiger partial charge in [0.1, 0.15) is 6.04 Å². The van der Waals surface area contributed by atoms with Crippen LogP contribution in [0, 0.1) is 5.92 Å². The maximum atomic E-state index is 13.5. The van der Waals surface area contributed by atoms with Crippen LogP contribution in [0.5, 0.6) is 0 Å². The van der Waals surface area contributed by atoms with E-state index in [1.807, 2.05) is 29.2 Å². The van der Waals surface area contributed by atoms with Gasteiger partial charge in [0.2, 0.25) is 11.8 Å². The molecule has 0 unspecified atom stereocenters. The Morgan fingerprint density at radius 2 is 1.83 bits per heavy atom. The van der Waals surface area contributed by atoms with Gasteiger partial charge in [-0.15, -0.1) is 0 Å². The Kier molecular flexibility index (Phi) is 5.26. The van der Waals surface area contributed by atoms with Gasteiger partial charge in [0.15, 0.2) is 0 Å². The second-order valence-corrected chi connectivity index (χ2v) is 8.22. The van der Waals surface area contributed by atoms with Crippen LogP contribution in [0.4, 0.5) is 0 Å². The van der Waals surface area contributed by atoms with Crippen LogP contribution in [-0.4, -0.2) is 52.9 Å². The summed E-state index contributed by atoms with van der Waals surface area (Å²) in [7, 11) is 1.80. The Balaban J connectivity index is 1.62. The highest BCUT2D eigenvalue weighted by molar-refractivity contribution is 5.81. The summed E-state index contributed by atoms with van der Waals surface area (Å²) in [5.74, 6) is 0.0292. The van der Waals surface area contributed by atoms with Crippen molar-refractivity contribution in [2.24, 2.45) is 5.92 Å². The molecule has 3 heterocycles. The van der Waals surface area contributed by atoms with Crippen molar-refractivity contribution in [2.45, 2.75) is 31.7 Å². The van der Waals surface area contributed by atoms with Crippen molar-refractivity contribution in [3.05, 3.63) is 70.1 Å². The van der Waals surface area contributed by atoms with Crippen molar-refractivity contribution in [1.82, 2.24) is 14.4 Å². The average Bonchev–Trinajstić information content (AvgIpc) is 2.73. The molecule has 6 nitrogen and oxygen atoms in total. The van der Waals surface area contributed by atoms with E-state index in [4.69, 9.17) is 0 Å². The third-order valence-electron chi connectivity index (χ3n) is 6.30. The number of pyridine rings is 1. The van der Waals surface area contributed by atoms with Gasteiger partial charge in [0.05, 0.1) is 0 Å². The van der Waals surface area contributed by atoms with E-state index in [-0.39, 0.29) is 29.2 Å². The number of hydrogen-bond donors (Lipinski definition) is 0. The Morgan fingerprint density at radius 3 is 2.55 bits per heavy atom. The molecule has 2 aliphatic rings. The number of carbonyl (C=O) groups is 2. The smallest absolute Gasteiger partial charge is 0.251 e. The summed E-state index contributed by atoms with van der Waals surface area (Å²) < 4.78 is 1.69. The summed E-state index contributed by atoms with van der Waals surface area (Å²) in [4.78, 5) is 41.8. The lowest BCUT2D eigenvalue weighted by atomic mass is 9.78. The van der Waals surface area contributed by atoms with Crippen LogP contribution in [0.25, 0.3) is 0 Å². The minimum atomic E-state index is -0.558. The first-order valence-corrected chi connectivity index (χ1v) is 10.2. The van der Waals surface area contributed by atoms with Crippen LogP contribution in [0.1, 0.15) is 36.6 Å². The van der Waals surface area contributed by atoms with Crippen molar-refractivity contribution in [3.8, 4) is 0 Å². The highest BCUT2D eigenvalue weighted by Gasteiger charge is 2.44. The molecule has 0 N–H and O–H groups in total. The number of fused-ring (bicyclic) bond motifs is 4. The summed E-state index contributed by atoms with van der Waals surface area (Å²) in [6.07, 6.45) is 1.59. The third-order valence-corrected chi connectivity index (χ3v) is 6.30. The quantitative estimate of drug-likeness (QED) is 0.799. The van der Waals surface area contributed by atoms with E-state index in [9.17, 15) is 14.4 Å². The number of piperidine rings is 1. The number of amides is 2. The van der Waals surface area contributed by atoms with E-state index in [1.165, 1.54) is 11.6 Å². The molecular weight excluding hydrogens is 366 g/mol. The number of benzene rings is 1. The molecule has 3 atom stereocenters. The summed E-state index contributed by atoms with van der Waals surface area (Å²) >= 11 is 0. The van der Waals surface area contributed by atoms with Crippen LogP contribution in [0.3, 0.4) is 0 Å². The fourth-order valence-electron chi connectivity index (χ4n) is 4.79. The zero-order valence-electron chi connectivity index (χ0n) is 17.0. The van der Waals surface area contributed by atoms with Gasteiger partial charge in [-0.05, 0) is 24.5 Å². The third kappa shape index (κ3) is 3.71. The number of rotatable bonds is 4. The number of aromatic nitrogens is 1. The summed E-state index contributed by atoms with van der Waals surface area (Å²) in [6.45, 7) is 3.29. The van der Waals surface area contributed by atoms with E-state index in [2.05, 4.69) is 12.1 Å². The summed E-state index contributed by atoms with van der Waals surface area (Å²) in [5.41, 5.74) is 1.91. The van der Waals surface area contributed by atoms with E-state index in [0.29, 0.717) is 19.6 Å². The number of likely N-dealkylation sites (tertiary alicyclic amines) is 1. The van der Waals surface area contributed by atoms with Crippen molar-refractivity contribution >= 4 is 11.8 Å². The van der Waals surface area contributed by atoms with E-state index >= 15 is 0 Å². The van der Waals surface area contributed by atoms with Crippen LogP contribution in [-0.2, 0) is 16.0 Å². The molecule has 0 radical (unpaired) electrons. The topological polar surface area (TPSA) is 62.6 Å². The zero-order chi connectivity index (χ0) is 20.5. The number of nitrogens with zero attached hydrogens (tertiary/aromatic N) is 3. The van der Waals surface area contributed by atoms with Gasteiger partial charge in [-0.1, -0.05) is 36.4 Å². The Hall–Kier alpha value is -2.89. The minimum absolute atomic E-state index is 0.0232. The van der Waals surface area contributed by atoms with Gasteiger partial charge in [0, 0.05) is 57.2 Å². The van der Waals surface area contributed by atoms with E-state index < -0.39 is 6.04 Å². The van der Waals surface area contributed by atoms with Crippen molar-refractivity contribution in [1.29, 1.82) is 0 Å². The monoisotopic (exact) mass is 393 g/mol. The fourth-order valence-corrected chi connectivity index (χ4v) is 4.79. The van der Waals surface area contributed by atoms with Gasteiger partial charge < -0.3 is 9.80 Å². The van der Waals surface area contributed by atoms with E-state index in [1.54, 1.807) is 29.5 Å². The predicted octanol–water partition coefficient (Wildman–Crippen LogP) is 2.06. The van der Waals surface area contributed by atoms with Crippen LogP contribution in [0.2, 0.25) is 0 Å². The van der Waals surface area contributed by atoms with Gasteiger partial charge in [-0.3, -0.25) is 19.0 Å². The van der Waals surface area contributed by atoms with Crippen molar-refractivity contribution in [2.75, 3.05) is 26.7 Å². The first kappa shape index (κ1) is 19.4. The molecule has 6 heteroatoms. The van der Waals surface area contributed by atoms with Gasteiger partial charge in [-0.25, -0.2) is 0 Å². The molecule has 1 aromatic carbocycles. The van der Waals surface area contributed by atoms with Gasteiger partial charge >= 0.3 is 0 Å². The first-order chi connectivity index (χ1) is 14.0. The molecule has 1 saturated heterocycles. The largest absolute Gasteiger partial charge is 0.344 e. The molecule has 2 amide bonds. The Labute approximate surface area is 170 Å².